The maximum absolute atomic E-state index is 12.0. The van der Waals surface area contributed by atoms with Crippen LogP contribution in [0.5, 0.6) is 0 Å². The van der Waals surface area contributed by atoms with Crippen molar-refractivity contribution in [1.82, 2.24) is 16.0 Å². The van der Waals surface area contributed by atoms with Crippen LogP contribution in [-0.4, -0.2) is 37.5 Å². The van der Waals surface area contributed by atoms with E-state index in [4.69, 9.17) is 0 Å². The molecule has 0 aliphatic heterocycles. The van der Waals surface area contributed by atoms with Crippen LogP contribution in [-0.2, 0) is 9.59 Å². The van der Waals surface area contributed by atoms with Gasteiger partial charge < -0.3 is 16.0 Å². The number of likely N-dealkylation sites (N-methyl/N-ethyl adjacent to an activating group) is 1. The van der Waals surface area contributed by atoms with Gasteiger partial charge in [-0.15, -0.1) is 0 Å². The molecular formula is C14H29N3O2. The molecule has 3 N–H and O–H groups in total. The number of rotatable bonds is 9. The summed E-state index contributed by atoms with van der Waals surface area (Å²) in [7, 11) is 1.75. The molecule has 112 valence electrons. The van der Waals surface area contributed by atoms with E-state index in [9.17, 15) is 9.59 Å². The fourth-order valence-electron chi connectivity index (χ4n) is 1.87. The molecule has 2 atom stereocenters. The maximum atomic E-state index is 12.0. The number of hydrogen-bond acceptors (Lipinski definition) is 3. The molecule has 0 fully saturated rings. The zero-order chi connectivity index (χ0) is 14.8. The summed E-state index contributed by atoms with van der Waals surface area (Å²) in [4.78, 5) is 24.0. The average molecular weight is 271 g/mol. The first-order chi connectivity index (χ1) is 8.96. The second kappa shape index (κ2) is 9.78. The van der Waals surface area contributed by atoms with Crippen LogP contribution in [0.25, 0.3) is 0 Å². The van der Waals surface area contributed by atoms with Crippen molar-refractivity contribution < 1.29 is 9.59 Å². The van der Waals surface area contributed by atoms with E-state index in [2.05, 4.69) is 16.0 Å². The van der Waals surface area contributed by atoms with Gasteiger partial charge in [-0.05, 0) is 32.2 Å². The summed E-state index contributed by atoms with van der Waals surface area (Å²) in [6, 6.07) is -0.685. The molecule has 0 aromatic carbocycles. The van der Waals surface area contributed by atoms with E-state index in [0.717, 1.165) is 6.42 Å². The third kappa shape index (κ3) is 7.15. The summed E-state index contributed by atoms with van der Waals surface area (Å²) >= 11 is 0. The highest BCUT2D eigenvalue weighted by molar-refractivity contribution is 5.89. The van der Waals surface area contributed by atoms with Crippen LogP contribution in [0.2, 0.25) is 0 Å². The van der Waals surface area contributed by atoms with Crippen LogP contribution >= 0.6 is 0 Å². The van der Waals surface area contributed by atoms with Crippen LogP contribution in [0.3, 0.4) is 0 Å². The number of carbonyl (C=O) groups is 2. The van der Waals surface area contributed by atoms with Crippen LogP contribution < -0.4 is 16.0 Å². The van der Waals surface area contributed by atoms with Crippen molar-refractivity contribution in [2.75, 3.05) is 13.6 Å². The van der Waals surface area contributed by atoms with Crippen molar-refractivity contribution in [3.8, 4) is 0 Å². The fourth-order valence-corrected chi connectivity index (χ4v) is 1.87. The molecule has 0 aromatic heterocycles. The highest BCUT2D eigenvalue weighted by atomic mass is 16.2. The summed E-state index contributed by atoms with van der Waals surface area (Å²) in [6.45, 7) is 8.68. The number of amides is 2. The van der Waals surface area contributed by atoms with Crippen LogP contribution in [0.1, 0.15) is 47.0 Å². The summed E-state index contributed by atoms with van der Waals surface area (Å²) in [5, 5.41) is 8.64. The van der Waals surface area contributed by atoms with E-state index in [1.165, 1.54) is 0 Å². The lowest BCUT2D eigenvalue weighted by molar-refractivity contribution is -0.130. The maximum Gasteiger partial charge on any atom is 0.242 e. The van der Waals surface area contributed by atoms with Gasteiger partial charge in [0.2, 0.25) is 11.8 Å². The quantitative estimate of drug-likeness (QED) is 0.587. The molecule has 0 aliphatic rings. The molecule has 0 spiro atoms. The van der Waals surface area contributed by atoms with Gasteiger partial charge in [0.05, 0.1) is 6.04 Å². The SMILES string of the molecule is CCCNC(=O)C(CC(C)C)NC(=O)C(CC)NC. The first-order valence-electron chi connectivity index (χ1n) is 7.21. The smallest absolute Gasteiger partial charge is 0.242 e. The van der Waals surface area contributed by atoms with Gasteiger partial charge in [-0.1, -0.05) is 27.7 Å². The van der Waals surface area contributed by atoms with Crippen LogP contribution in [0, 0.1) is 5.92 Å². The van der Waals surface area contributed by atoms with E-state index < -0.39 is 6.04 Å². The summed E-state index contributed by atoms with van der Waals surface area (Å²) in [5.74, 6) is 0.157. The molecule has 0 heterocycles. The first-order valence-corrected chi connectivity index (χ1v) is 7.21. The van der Waals surface area contributed by atoms with Crippen molar-refractivity contribution in [3.05, 3.63) is 0 Å². The molecule has 19 heavy (non-hydrogen) atoms. The molecule has 0 radical (unpaired) electrons. The van der Waals surface area contributed by atoms with Gasteiger partial charge in [0.1, 0.15) is 6.04 Å². The molecule has 0 aliphatic carbocycles. The Morgan fingerprint density at radius 1 is 1.05 bits per heavy atom. The lowest BCUT2D eigenvalue weighted by Gasteiger charge is -2.22. The van der Waals surface area contributed by atoms with Crippen molar-refractivity contribution in [3.63, 3.8) is 0 Å². The lowest BCUT2D eigenvalue weighted by Crippen LogP contribution is -2.52. The number of hydrogen-bond donors (Lipinski definition) is 3. The Labute approximate surface area is 116 Å². The zero-order valence-corrected chi connectivity index (χ0v) is 12.9. The third-order valence-electron chi connectivity index (χ3n) is 2.96. The molecule has 5 heteroatoms. The molecule has 0 saturated carbocycles. The minimum Gasteiger partial charge on any atom is -0.354 e. The second-order valence-corrected chi connectivity index (χ2v) is 5.23. The Hall–Kier alpha value is -1.10. The number of nitrogens with one attached hydrogen (secondary N) is 3. The molecular weight excluding hydrogens is 242 g/mol. The zero-order valence-electron chi connectivity index (χ0n) is 12.9. The minimum absolute atomic E-state index is 0.0881. The normalized spacial score (nSPS) is 14.0. The fraction of sp³-hybridized carbons (Fsp3) is 0.857. The molecule has 0 bridgehead atoms. The minimum atomic E-state index is -0.443. The predicted molar refractivity (Wildman–Crippen MR) is 77.8 cm³/mol. The average Bonchev–Trinajstić information content (AvgIpc) is 2.36. The Morgan fingerprint density at radius 3 is 2.11 bits per heavy atom. The molecule has 0 aromatic rings. The van der Waals surface area contributed by atoms with Crippen molar-refractivity contribution in [2.24, 2.45) is 5.92 Å². The van der Waals surface area contributed by atoms with E-state index >= 15 is 0 Å². The predicted octanol–water partition coefficient (Wildman–Crippen LogP) is 1.04. The van der Waals surface area contributed by atoms with Crippen molar-refractivity contribution in [1.29, 1.82) is 0 Å². The van der Waals surface area contributed by atoms with Gasteiger partial charge in [0.25, 0.3) is 0 Å². The summed E-state index contributed by atoms with van der Waals surface area (Å²) in [6.07, 6.45) is 2.25. The first kappa shape index (κ1) is 17.9. The molecule has 0 rings (SSSR count). The second-order valence-electron chi connectivity index (χ2n) is 5.23. The lowest BCUT2D eigenvalue weighted by atomic mass is 10.0. The topological polar surface area (TPSA) is 70.2 Å². The molecule has 0 saturated heterocycles. The van der Waals surface area contributed by atoms with Gasteiger partial charge in [0.15, 0.2) is 0 Å². The highest BCUT2D eigenvalue weighted by Crippen LogP contribution is 2.06. The Bertz CT molecular complexity index is 276. The van der Waals surface area contributed by atoms with E-state index in [1.54, 1.807) is 7.05 Å². The Morgan fingerprint density at radius 2 is 1.68 bits per heavy atom. The Balaban J connectivity index is 4.57. The molecule has 5 nitrogen and oxygen atoms in total. The summed E-state index contributed by atoms with van der Waals surface area (Å²) in [5.41, 5.74) is 0. The standard InChI is InChI=1S/C14H29N3O2/c1-6-8-16-13(18)12(9-10(3)4)17-14(19)11(7-2)15-5/h10-12,15H,6-9H2,1-5H3,(H,16,18)(H,17,19). The van der Waals surface area contributed by atoms with Crippen LogP contribution in [0.15, 0.2) is 0 Å². The van der Waals surface area contributed by atoms with E-state index in [-0.39, 0.29) is 17.9 Å². The molecule has 2 amide bonds. The van der Waals surface area contributed by atoms with Gasteiger partial charge in [-0.25, -0.2) is 0 Å². The van der Waals surface area contributed by atoms with Gasteiger partial charge in [0, 0.05) is 6.54 Å². The van der Waals surface area contributed by atoms with E-state index in [0.29, 0.717) is 25.3 Å². The largest absolute Gasteiger partial charge is 0.354 e. The Kier molecular flexibility index (Phi) is 9.21. The monoisotopic (exact) mass is 271 g/mol. The highest BCUT2D eigenvalue weighted by Gasteiger charge is 2.24. The van der Waals surface area contributed by atoms with Gasteiger partial charge in [-0.2, -0.15) is 0 Å². The number of carbonyl (C=O) groups excluding carboxylic acids is 2. The van der Waals surface area contributed by atoms with Crippen LogP contribution in [0.4, 0.5) is 0 Å². The van der Waals surface area contributed by atoms with E-state index in [1.807, 2.05) is 27.7 Å². The third-order valence-corrected chi connectivity index (χ3v) is 2.96. The summed E-state index contributed by atoms with van der Waals surface area (Å²) < 4.78 is 0. The van der Waals surface area contributed by atoms with Crippen molar-refractivity contribution >= 4 is 11.8 Å². The molecule has 2 unspecified atom stereocenters. The van der Waals surface area contributed by atoms with Crippen molar-refractivity contribution in [2.45, 2.75) is 59.0 Å². The van der Waals surface area contributed by atoms with Gasteiger partial charge >= 0.3 is 0 Å². The van der Waals surface area contributed by atoms with Gasteiger partial charge in [-0.3, -0.25) is 9.59 Å².